The van der Waals surface area contributed by atoms with Gasteiger partial charge < -0.3 is 20.4 Å². The van der Waals surface area contributed by atoms with Crippen LogP contribution in [-0.4, -0.2) is 74.7 Å². The molecule has 2 aliphatic heterocycles. The van der Waals surface area contributed by atoms with Crippen molar-refractivity contribution in [2.24, 2.45) is 4.99 Å². The Morgan fingerprint density at radius 2 is 1.62 bits per heavy atom. The van der Waals surface area contributed by atoms with Crippen molar-refractivity contribution in [2.45, 2.75) is 64.3 Å². The van der Waals surface area contributed by atoms with Crippen molar-refractivity contribution in [3.05, 3.63) is 0 Å². The zero-order valence-electron chi connectivity index (χ0n) is 16.0. The number of nitrogens with one attached hydrogen (secondary N) is 2. The van der Waals surface area contributed by atoms with Crippen LogP contribution in [0.4, 0.5) is 0 Å². The topological polar surface area (TPSA) is 42.9 Å². The van der Waals surface area contributed by atoms with Crippen LogP contribution >= 0.6 is 0 Å². The highest BCUT2D eigenvalue weighted by Crippen LogP contribution is 2.16. The first-order valence-corrected chi connectivity index (χ1v) is 10.2. The summed E-state index contributed by atoms with van der Waals surface area (Å²) < 4.78 is 0. The van der Waals surface area contributed by atoms with Gasteiger partial charge in [-0.1, -0.05) is 6.42 Å². The van der Waals surface area contributed by atoms with Gasteiger partial charge in [0, 0.05) is 32.7 Å². The lowest BCUT2D eigenvalue weighted by molar-refractivity contribution is 0.159. The number of hydrogen-bond acceptors (Lipinski definition) is 3. The average molecular weight is 338 g/mol. The third kappa shape index (κ3) is 7.39. The molecule has 24 heavy (non-hydrogen) atoms. The minimum absolute atomic E-state index is 0.770. The van der Waals surface area contributed by atoms with Crippen LogP contribution in [-0.2, 0) is 0 Å². The van der Waals surface area contributed by atoms with Crippen molar-refractivity contribution in [2.75, 3.05) is 52.9 Å². The Bertz CT molecular complexity index is 352. The van der Waals surface area contributed by atoms with Gasteiger partial charge in [0.1, 0.15) is 0 Å². The van der Waals surface area contributed by atoms with Crippen molar-refractivity contribution in [3.8, 4) is 0 Å². The molecule has 2 aliphatic rings. The molecule has 0 aromatic heterocycles. The van der Waals surface area contributed by atoms with Gasteiger partial charge in [-0.05, 0) is 78.0 Å². The molecule has 0 radical (unpaired) electrons. The molecule has 5 heteroatoms. The summed E-state index contributed by atoms with van der Waals surface area (Å²) >= 11 is 0. The fraction of sp³-hybridized carbons (Fsp3) is 0.947. The van der Waals surface area contributed by atoms with E-state index in [2.05, 4.69) is 32.3 Å². The first-order valence-electron chi connectivity index (χ1n) is 10.2. The van der Waals surface area contributed by atoms with Crippen LogP contribution in [0.1, 0.15) is 58.3 Å². The molecule has 5 nitrogen and oxygen atoms in total. The number of aliphatic imine (C=N–C) groups is 1. The molecule has 2 saturated heterocycles. The van der Waals surface area contributed by atoms with Gasteiger partial charge in [-0.25, -0.2) is 0 Å². The Labute approximate surface area is 149 Å². The Morgan fingerprint density at radius 1 is 0.917 bits per heavy atom. The van der Waals surface area contributed by atoms with Gasteiger partial charge in [0.05, 0.1) is 0 Å². The molecule has 140 valence electrons. The van der Waals surface area contributed by atoms with E-state index in [0.717, 1.165) is 25.1 Å². The largest absolute Gasteiger partial charge is 0.356 e. The number of nitrogens with zero attached hydrogens (tertiary/aromatic N) is 3. The van der Waals surface area contributed by atoms with E-state index in [9.17, 15) is 0 Å². The van der Waals surface area contributed by atoms with E-state index in [1.54, 1.807) is 0 Å². The van der Waals surface area contributed by atoms with E-state index < -0.39 is 0 Å². The van der Waals surface area contributed by atoms with Crippen molar-refractivity contribution < 1.29 is 0 Å². The van der Waals surface area contributed by atoms with Crippen LogP contribution in [0.25, 0.3) is 0 Å². The second-order valence-corrected chi connectivity index (χ2v) is 7.42. The third-order valence-electron chi connectivity index (χ3n) is 5.47. The van der Waals surface area contributed by atoms with Gasteiger partial charge in [0.25, 0.3) is 0 Å². The molecule has 0 bridgehead atoms. The molecular formula is C19H39N5. The Hall–Kier alpha value is -0.810. The molecule has 0 amide bonds. The average Bonchev–Trinajstić information content (AvgIpc) is 3.11. The van der Waals surface area contributed by atoms with Gasteiger partial charge in [-0.15, -0.1) is 0 Å². The Morgan fingerprint density at radius 3 is 2.33 bits per heavy atom. The molecule has 2 rings (SSSR count). The molecule has 1 atom stereocenters. The maximum atomic E-state index is 4.33. The van der Waals surface area contributed by atoms with Crippen LogP contribution in [0.3, 0.4) is 0 Å². The second kappa shape index (κ2) is 11.7. The van der Waals surface area contributed by atoms with E-state index in [0.29, 0.717) is 0 Å². The van der Waals surface area contributed by atoms with E-state index >= 15 is 0 Å². The fourth-order valence-corrected chi connectivity index (χ4v) is 3.87. The normalized spacial score (nSPS) is 23.6. The van der Waals surface area contributed by atoms with E-state index in [-0.39, 0.29) is 0 Å². The zero-order valence-corrected chi connectivity index (χ0v) is 16.0. The van der Waals surface area contributed by atoms with Crippen LogP contribution in [0.15, 0.2) is 4.99 Å². The molecule has 0 aliphatic carbocycles. The van der Waals surface area contributed by atoms with Crippen LogP contribution in [0.5, 0.6) is 0 Å². The maximum Gasteiger partial charge on any atom is 0.190 e. The number of likely N-dealkylation sites (tertiary alicyclic amines) is 2. The summed E-state index contributed by atoms with van der Waals surface area (Å²) in [7, 11) is 1.87. The van der Waals surface area contributed by atoms with Crippen molar-refractivity contribution in [1.82, 2.24) is 20.4 Å². The lowest BCUT2D eigenvalue weighted by atomic mass is 10.0. The number of rotatable bonds is 9. The van der Waals surface area contributed by atoms with E-state index in [1.165, 1.54) is 84.1 Å². The summed E-state index contributed by atoms with van der Waals surface area (Å²) in [5.74, 6) is 0.961. The Balaban J connectivity index is 1.46. The lowest BCUT2D eigenvalue weighted by Crippen LogP contribution is -2.41. The summed E-state index contributed by atoms with van der Waals surface area (Å²) in [6, 6.07) is 0.770. The predicted molar refractivity (Wildman–Crippen MR) is 104 cm³/mol. The molecule has 0 spiro atoms. The third-order valence-corrected chi connectivity index (χ3v) is 5.47. The SMILES string of the molecule is CN=C(NCCCCN1CCCC1)NCCCN1CCCCC1C. The minimum Gasteiger partial charge on any atom is -0.356 e. The summed E-state index contributed by atoms with van der Waals surface area (Å²) in [6.45, 7) is 10.8. The first kappa shape index (κ1) is 19.5. The fourth-order valence-electron chi connectivity index (χ4n) is 3.87. The van der Waals surface area contributed by atoms with Gasteiger partial charge in [-0.2, -0.15) is 0 Å². The van der Waals surface area contributed by atoms with Gasteiger partial charge >= 0.3 is 0 Å². The van der Waals surface area contributed by atoms with Crippen LogP contribution in [0, 0.1) is 0 Å². The highest BCUT2D eigenvalue weighted by molar-refractivity contribution is 5.79. The molecule has 0 aromatic carbocycles. The zero-order chi connectivity index (χ0) is 17.0. The standard InChI is InChI=1S/C19H39N5/c1-18-10-3-5-16-24(18)17-9-12-22-19(20-2)21-11-4-6-13-23-14-7-8-15-23/h18H,3-17H2,1-2H3,(H2,20,21,22). The highest BCUT2D eigenvalue weighted by atomic mass is 15.2. The number of piperidine rings is 1. The monoisotopic (exact) mass is 337 g/mol. The highest BCUT2D eigenvalue weighted by Gasteiger charge is 2.17. The minimum atomic E-state index is 0.770. The van der Waals surface area contributed by atoms with Crippen LogP contribution in [0.2, 0.25) is 0 Å². The van der Waals surface area contributed by atoms with Crippen molar-refractivity contribution >= 4 is 5.96 Å². The summed E-state index contributed by atoms with van der Waals surface area (Å²) in [6.07, 6.45) is 10.6. The summed E-state index contributed by atoms with van der Waals surface area (Å²) in [5.41, 5.74) is 0. The molecule has 2 fully saturated rings. The maximum absolute atomic E-state index is 4.33. The smallest absolute Gasteiger partial charge is 0.190 e. The molecule has 2 N–H and O–H groups in total. The van der Waals surface area contributed by atoms with Crippen molar-refractivity contribution in [3.63, 3.8) is 0 Å². The van der Waals surface area contributed by atoms with Gasteiger partial charge in [0.15, 0.2) is 5.96 Å². The van der Waals surface area contributed by atoms with E-state index in [1.807, 2.05) is 7.05 Å². The van der Waals surface area contributed by atoms with Gasteiger partial charge in [-0.3, -0.25) is 4.99 Å². The number of unbranched alkanes of at least 4 members (excludes halogenated alkanes) is 1. The predicted octanol–water partition coefficient (Wildman–Crippen LogP) is 2.29. The number of guanidine groups is 1. The first-order chi connectivity index (χ1) is 11.8. The summed E-state index contributed by atoms with van der Waals surface area (Å²) in [4.78, 5) is 9.56. The molecule has 2 heterocycles. The van der Waals surface area contributed by atoms with Crippen LogP contribution < -0.4 is 10.6 Å². The lowest BCUT2D eigenvalue weighted by Gasteiger charge is -2.33. The number of hydrogen-bond donors (Lipinski definition) is 2. The quantitative estimate of drug-likeness (QED) is 0.385. The molecular weight excluding hydrogens is 298 g/mol. The molecule has 1 unspecified atom stereocenters. The molecule has 0 aromatic rings. The second-order valence-electron chi connectivity index (χ2n) is 7.42. The van der Waals surface area contributed by atoms with Crippen molar-refractivity contribution in [1.29, 1.82) is 0 Å². The Kier molecular flexibility index (Phi) is 9.51. The van der Waals surface area contributed by atoms with E-state index in [4.69, 9.17) is 0 Å². The summed E-state index contributed by atoms with van der Waals surface area (Å²) in [5, 5.41) is 6.91. The van der Waals surface area contributed by atoms with Gasteiger partial charge in [0.2, 0.25) is 0 Å². The molecule has 0 saturated carbocycles.